The molecule has 0 atom stereocenters. The molecule has 2 heterocycles. The summed E-state index contributed by atoms with van der Waals surface area (Å²) in [5.41, 5.74) is 2.46. The van der Waals surface area contributed by atoms with Crippen LogP contribution in [-0.2, 0) is 15.9 Å². The van der Waals surface area contributed by atoms with Gasteiger partial charge >= 0.3 is 7.12 Å². The Morgan fingerprint density at radius 1 is 0.964 bits per heavy atom. The molecule has 0 bridgehead atoms. The highest BCUT2D eigenvalue weighted by molar-refractivity contribution is 6.62. The van der Waals surface area contributed by atoms with Gasteiger partial charge in [-0.3, -0.25) is 0 Å². The lowest BCUT2D eigenvalue weighted by atomic mass is 9.79. The van der Waals surface area contributed by atoms with Crippen molar-refractivity contribution in [1.29, 1.82) is 0 Å². The first kappa shape index (κ1) is 19.1. The van der Waals surface area contributed by atoms with Crippen LogP contribution in [0.3, 0.4) is 0 Å². The maximum Gasteiger partial charge on any atom is 0.494 e. The molecule has 28 heavy (non-hydrogen) atoms. The van der Waals surface area contributed by atoms with Gasteiger partial charge in [-0.05, 0) is 69.9 Å². The average Bonchev–Trinajstić information content (AvgIpc) is 3.03. The van der Waals surface area contributed by atoms with Crippen LogP contribution in [0.15, 0.2) is 36.4 Å². The van der Waals surface area contributed by atoms with Crippen LogP contribution in [0, 0.1) is 18.6 Å². The van der Waals surface area contributed by atoms with Crippen molar-refractivity contribution < 1.29 is 18.1 Å². The smallest absolute Gasteiger partial charge is 0.399 e. The Hall–Kier alpha value is -2.25. The summed E-state index contributed by atoms with van der Waals surface area (Å²) < 4.78 is 41.1. The Morgan fingerprint density at radius 2 is 1.64 bits per heavy atom. The molecule has 1 saturated heterocycles. The molecule has 0 radical (unpaired) electrons. The fourth-order valence-corrected chi connectivity index (χ4v) is 3.41. The van der Waals surface area contributed by atoms with E-state index in [-0.39, 0.29) is 0 Å². The predicted molar refractivity (Wildman–Crippen MR) is 106 cm³/mol. The minimum Gasteiger partial charge on any atom is -0.399 e. The molecule has 0 amide bonds. The van der Waals surface area contributed by atoms with Crippen molar-refractivity contribution in [1.82, 2.24) is 9.55 Å². The van der Waals surface area contributed by atoms with Crippen LogP contribution in [0.25, 0.3) is 11.0 Å². The molecule has 1 aliphatic heterocycles. The number of hydrogen-bond donors (Lipinski definition) is 0. The first-order valence-electron chi connectivity index (χ1n) is 9.34. The van der Waals surface area contributed by atoms with Gasteiger partial charge in [0.15, 0.2) is 11.6 Å². The fraction of sp³-hybridized carbons (Fsp3) is 0.381. The van der Waals surface area contributed by atoms with Gasteiger partial charge in [0.05, 0.1) is 22.2 Å². The number of benzene rings is 2. The number of aromatic nitrogens is 2. The monoisotopic (exact) mass is 384 g/mol. The minimum atomic E-state index is -0.850. The van der Waals surface area contributed by atoms with Gasteiger partial charge < -0.3 is 13.9 Å². The van der Waals surface area contributed by atoms with E-state index in [9.17, 15) is 8.78 Å². The lowest BCUT2D eigenvalue weighted by Gasteiger charge is -2.32. The molecule has 0 spiro atoms. The molecule has 4 rings (SSSR count). The molecule has 1 aromatic heterocycles. The third-order valence-corrected chi connectivity index (χ3v) is 5.81. The maximum absolute atomic E-state index is 13.6. The summed E-state index contributed by atoms with van der Waals surface area (Å²) >= 11 is 0. The summed E-state index contributed by atoms with van der Waals surface area (Å²) in [6.07, 6.45) is 0. The Balaban J connectivity index is 1.71. The molecule has 0 saturated carbocycles. The second kappa shape index (κ2) is 6.39. The summed E-state index contributed by atoms with van der Waals surface area (Å²) in [6, 6.07) is 9.84. The van der Waals surface area contributed by atoms with E-state index in [4.69, 9.17) is 9.31 Å². The van der Waals surface area contributed by atoms with E-state index >= 15 is 0 Å². The standard InChI is InChI=1S/C21H23BF2N2O2/c1-13-25-18-9-7-15(22-27-20(2,3)21(4,5)28-22)11-19(18)26(13)12-14-6-8-16(23)17(24)10-14/h6-11H,12H2,1-5H3. The zero-order valence-corrected chi connectivity index (χ0v) is 16.7. The van der Waals surface area contributed by atoms with Gasteiger partial charge in [-0.25, -0.2) is 13.8 Å². The summed E-state index contributed by atoms with van der Waals surface area (Å²) in [7, 11) is -0.471. The van der Waals surface area contributed by atoms with Gasteiger partial charge in [-0.1, -0.05) is 12.1 Å². The third-order valence-electron chi connectivity index (χ3n) is 5.81. The number of halogens is 2. The molecule has 3 aromatic rings. The van der Waals surface area contributed by atoms with E-state index in [1.165, 1.54) is 6.07 Å². The van der Waals surface area contributed by atoms with Crippen LogP contribution < -0.4 is 5.46 Å². The number of rotatable bonds is 3. The number of fused-ring (bicyclic) bond motifs is 1. The molecule has 0 unspecified atom stereocenters. The summed E-state index contributed by atoms with van der Waals surface area (Å²) in [5, 5.41) is 0. The van der Waals surface area contributed by atoms with Gasteiger partial charge in [0.1, 0.15) is 5.82 Å². The minimum absolute atomic E-state index is 0.395. The van der Waals surface area contributed by atoms with E-state index in [2.05, 4.69) is 4.98 Å². The molecule has 2 aromatic carbocycles. The Morgan fingerprint density at radius 3 is 2.29 bits per heavy atom. The second-order valence-corrected chi connectivity index (χ2v) is 8.33. The maximum atomic E-state index is 13.6. The normalized spacial score (nSPS) is 18.2. The summed E-state index contributed by atoms with van der Waals surface area (Å²) in [6.45, 7) is 10.4. The molecular weight excluding hydrogens is 361 g/mol. The van der Waals surface area contributed by atoms with Crippen LogP contribution in [0.1, 0.15) is 39.1 Å². The van der Waals surface area contributed by atoms with Crippen LogP contribution in [0.2, 0.25) is 0 Å². The lowest BCUT2D eigenvalue weighted by molar-refractivity contribution is 0.00578. The number of aryl methyl sites for hydroxylation is 1. The first-order valence-corrected chi connectivity index (χ1v) is 9.34. The van der Waals surface area contributed by atoms with Crippen LogP contribution in [0.4, 0.5) is 8.78 Å². The highest BCUT2D eigenvalue weighted by atomic mass is 19.2. The van der Waals surface area contributed by atoms with Gasteiger partial charge in [-0.2, -0.15) is 0 Å². The van der Waals surface area contributed by atoms with Crippen molar-refractivity contribution in [2.45, 2.75) is 52.4 Å². The van der Waals surface area contributed by atoms with Crippen molar-refractivity contribution in [3.8, 4) is 0 Å². The Labute approximate surface area is 163 Å². The number of imidazole rings is 1. The predicted octanol–water partition coefficient (Wildman–Crippen LogP) is 3.97. The first-order chi connectivity index (χ1) is 13.1. The van der Waals surface area contributed by atoms with E-state index in [1.807, 2.05) is 57.4 Å². The van der Waals surface area contributed by atoms with E-state index < -0.39 is 30.0 Å². The molecule has 7 heteroatoms. The van der Waals surface area contributed by atoms with Crippen molar-refractivity contribution in [2.75, 3.05) is 0 Å². The molecule has 4 nitrogen and oxygen atoms in total. The van der Waals surface area contributed by atoms with Crippen LogP contribution in [-0.4, -0.2) is 27.9 Å². The Kier molecular flexibility index (Phi) is 4.36. The van der Waals surface area contributed by atoms with Gasteiger partial charge in [0.25, 0.3) is 0 Å². The van der Waals surface area contributed by atoms with E-state index in [1.54, 1.807) is 6.07 Å². The van der Waals surface area contributed by atoms with Gasteiger partial charge in [0.2, 0.25) is 0 Å². The number of nitrogens with zero attached hydrogens (tertiary/aromatic N) is 2. The zero-order valence-electron chi connectivity index (χ0n) is 16.7. The fourth-order valence-electron chi connectivity index (χ4n) is 3.41. The van der Waals surface area contributed by atoms with Crippen molar-refractivity contribution in [3.63, 3.8) is 0 Å². The molecular formula is C21H23BF2N2O2. The quantitative estimate of drug-likeness (QED) is 0.642. The molecule has 1 fully saturated rings. The lowest BCUT2D eigenvalue weighted by Crippen LogP contribution is -2.41. The van der Waals surface area contributed by atoms with Crippen molar-refractivity contribution in [2.24, 2.45) is 0 Å². The van der Waals surface area contributed by atoms with Crippen LogP contribution in [0.5, 0.6) is 0 Å². The Bertz CT molecular complexity index is 1050. The number of hydrogen-bond acceptors (Lipinski definition) is 3. The van der Waals surface area contributed by atoms with Gasteiger partial charge in [-0.15, -0.1) is 0 Å². The topological polar surface area (TPSA) is 36.3 Å². The van der Waals surface area contributed by atoms with E-state index in [0.29, 0.717) is 12.1 Å². The van der Waals surface area contributed by atoms with Crippen LogP contribution >= 0.6 is 0 Å². The van der Waals surface area contributed by atoms with Gasteiger partial charge in [0, 0.05) is 6.54 Å². The summed E-state index contributed by atoms with van der Waals surface area (Å²) in [5.74, 6) is -0.901. The van der Waals surface area contributed by atoms with Crippen molar-refractivity contribution >= 4 is 23.6 Å². The molecule has 146 valence electrons. The molecule has 0 N–H and O–H groups in total. The zero-order chi connectivity index (χ0) is 20.3. The summed E-state index contributed by atoms with van der Waals surface area (Å²) in [4.78, 5) is 4.59. The second-order valence-electron chi connectivity index (χ2n) is 8.33. The highest BCUT2D eigenvalue weighted by Crippen LogP contribution is 2.36. The van der Waals surface area contributed by atoms with Crippen molar-refractivity contribution in [3.05, 3.63) is 59.4 Å². The molecule has 0 aliphatic carbocycles. The SMILES string of the molecule is Cc1nc2ccc(B3OC(C)(C)C(C)(C)O3)cc2n1Cc1ccc(F)c(F)c1. The van der Waals surface area contributed by atoms with E-state index in [0.717, 1.165) is 28.4 Å². The third kappa shape index (κ3) is 3.12. The molecule has 1 aliphatic rings. The average molecular weight is 384 g/mol. The highest BCUT2D eigenvalue weighted by Gasteiger charge is 2.51. The largest absolute Gasteiger partial charge is 0.494 e.